The summed E-state index contributed by atoms with van der Waals surface area (Å²) in [5.41, 5.74) is 2.34. The molecular weight excluding hydrogens is 452 g/mol. The zero-order valence-electron chi connectivity index (χ0n) is 18.0. The van der Waals surface area contributed by atoms with Gasteiger partial charge in [0.25, 0.3) is 0 Å². The monoisotopic (exact) mass is 480 g/mol. The highest BCUT2D eigenvalue weighted by Crippen LogP contribution is 2.34. The molecule has 7 atom stereocenters. The minimum atomic E-state index is -1.44. The fourth-order valence-corrected chi connectivity index (χ4v) is 4.36. The van der Waals surface area contributed by atoms with Crippen molar-refractivity contribution in [2.75, 3.05) is 19.8 Å². The van der Waals surface area contributed by atoms with Crippen LogP contribution >= 0.6 is 11.6 Å². The maximum atomic E-state index is 10.4. The Bertz CT molecular complexity index is 921. The summed E-state index contributed by atoms with van der Waals surface area (Å²) in [6.45, 7) is 0.395. The van der Waals surface area contributed by atoms with E-state index in [9.17, 15) is 25.5 Å². The highest BCUT2D eigenvalue weighted by atomic mass is 35.5. The maximum absolute atomic E-state index is 10.4. The standard InChI is InChI=1S/C24H29ClO8/c25-17-6-3-14(24-23(30)22(29)21(28)19(11-26)33-24)10-15(17)9-13-1-4-16(5-2-13)32-20-12-31-8-7-18(20)27/h1-6,10,18-24,26-30H,7-9,11-12H2/t18?,19-,20?,21-,22+,23-,24+/m1/s1. The molecule has 4 rings (SSSR count). The molecule has 0 aliphatic carbocycles. The average Bonchev–Trinajstić information content (AvgIpc) is 2.82. The van der Waals surface area contributed by atoms with E-state index >= 15 is 0 Å². The molecule has 8 nitrogen and oxygen atoms in total. The first-order valence-corrected chi connectivity index (χ1v) is 11.4. The Morgan fingerprint density at radius 1 is 0.970 bits per heavy atom. The van der Waals surface area contributed by atoms with Crippen molar-refractivity contribution in [2.24, 2.45) is 0 Å². The van der Waals surface area contributed by atoms with Crippen LogP contribution in [0, 0.1) is 0 Å². The summed E-state index contributed by atoms with van der Waals surface area (Å²) in [7, 11) is 0. The first-order chi connectivity index (χ1) is 15.9. The third kappa shape index (κ3) is 5.50. The van der Waals surface area contributed by atoms with Gasteiger partial charge in [-0.3, -0.25) is 0 Å². The molecule has 2 fully saturated rings. The van der Waals surface area contributed by atoms with Gasteiger partial charge in [0.15, 0.2) is 0 Å². The molecule has 2 aromatic carbocycles. The normalized spacial score (nSPS) is 32.5. The van der Waals surface area contributed by atoms with Crippen LogP contribution in [0.4, 0.5) is 0 Å². The van der Waals surface area contributed by atoms with Gasteiger partial charge in [0.2, 0.25) is 0 Å². The van der Waals surface area contributed by atoms with Crippen LogP contribution < -0.4 is 4.74 Å². The quantitative estimate of drug-likeness (QED) is 0.414. The van der Waals surface area contributed by atoms with Crippen LogP contribution in [0.25, 0.3) is 0 Å². The predicted molar refractivity (Wildman–Crippen MR) is 119 cm³/mol. The summed E-state index contributed by atoms with van der Waals surface area (Å²) in [4.78, 5) is 0. The fourth-order valence-electron chi connectivity index (χ4n) is 4.18. The maximum Gasteiger partial charge on any atom is 0.148 e. The molecule has 2 aliphatic heterocycles. The van der Waals surface area contributed by atoms with Crippen molar-refractivity contribution in [1.29, 1.82) is 0 Å². The molecule has 2 saturated heterocycles. The topological polar surface area (TPSA) is 129 Å². The van der Waals surface area contributed by atoms with Crippen LogP contribution in [0.1, 0.15) is 29.2 Å². The molecule has 0 saturated carbocycles. The van der Waals surface area contributed by atoms with Gasteiger partial charge in [-0.15, -0.1) is 0 Å². The molecule has 0 spiro atoms. The molecular formula is C24H29ClO8. The van der Waals surface area contributed by atoms with Gasteiger partial charge in [0, 0.05) is 18.1 Å². The fraction of sp³-hybridized carbons (Fsp3) is 0.500. The van der Waals surface area contributed by atoms with E-state index < -0.39 is 49.3 Å². The molecule has 0 radical (unpaired) electrons. The highest BCUT2D eigenvalue weighted by Gasteiger charge is 2.44. The smallest absolute Gasteiger partial charge is 0.148 e. The molecule has 33 heavy (non-hydrogen) atoms. The second-order valence-corrected chi connectivity index (χ2v) is 8.92. The average molecular weight is 481 g/mol. The van der Waals surface area contributed by atoms with Crippen LogP contribution in [0.2, 0.25) is 5.02 Å². The number of ether oxygens (including phenoxy) is 3. The van der Waals surface area contributed by atoms with Crippen LogP contribution in [0.5, 0.6) is 5.75 Å². The highest BCUT2D eigenvalue weighted by molar-refractivity contribution is 6.31. The van der Waals surface area contributed by atoms with Gasteiger partial charge < -0.3 is 39.7 Å². The van der Waals surface area contributed by atoms with E-state index in [2.05, 4.69) is 0 Å². The van der Waals surface area contributed by atoms with E-state index in [0.29, 0.717) is 42.4 Å². The number of aliphatic hydroxyl groups is 5. The van der Waals surface area contributed by atoms with Crippen molar-refractivity contribution in [1.82, 2.24) is 0 Å². The minimum absolute atomic E-state index is 0.350. The predicted octanol–water partition coefficient (Wildman–Crippen LogP) is 0.974. The minimum Gasteiger partial charge on any atom is -0.485 e. The molecule has 2 aliphatic rings. The third-order valence-corrected chi connectivity index (χ3v) is 6.53. The molecule has 0 aromatic heterocycles. The van der Waals surface area contributed by atoms with E-state index in [1.807, 2.05) is 24.3 Å². The molecule has 0 amide bonds. The number of hydrogen-bond acceptors (Lipinski definition) is 8. The summed E-state index contributed by atoms with van der Waals surface area (Å²) in [6.07, 6.45) is -6.00. The molecule has 180 valence electrons. The van der Waals surface area contributed by atoms with Crippen LogP contribution in [0.3, 0.4) is 0 Å². The first kappa shape index (κ1) is 24.4. The molecule has 2 heterocycles. The molecule has 5 N–H and O–H groups in total. The zero-order valence-corrected chi connectivity index (χ0v) is 18.7. The van der Waals surface area contributed by atoms with E-state index in [-0.39, 0.29) is 0 Å². The van der Waals surface area contributed by atoms with Crippen LogP contribution in [-0.4, -0.2) is 82.0 Å². The van der Waals surface area contributed by atoms with E-state index in [1.54, 1.807) is 18.2 Å². The lowest BCUT2D eigenvalue weighted by Gasteiger charge is -2.40. The van der Waals surface area contributed by atoms with Crippen LogP contribution in [0.15, 0.2) is 42.5 Å². The largest absolute Gasteiger partial charge is 0.485 e. The van der Waals surface area contributed by atoms with Gasteiger partial charge in [0.05, 0.1) is 19.3 Å². The number of rotatable bonds is 6. The first-order valence-electron chi connectivity index (χ1n) is 11.0. The number of benzene rings is 2. The Hall–Kier alpha value is -1.75. The number of hydrogen-bond donors (Lipinski definition) is 5. The number of aliphatic hydroxyl groups excluding tert-OH is 5. The Labute approximate surface area is 196 Å². The van der Waals surface area contributed by atoms with E-state index in [0.717, 1.165) is 11.1 Å². The third-order valence-electron chi connectivity index (χ3n) is 6.17. The van der Waals surface area contributed by atoms with Crippen molar-refractivity contribution >= 4 is 11.6 Å². The summed E-state index contributed by atoms with van der Waals surface area (Å²) in [6, 6.07) is 12.6. The van der Waals surface area contributed by atoms with Gasteiger partial charge in [-0.2, -0.15) is 0 Å². The van der Waals surface area contributed by atoms with E-state index in [1.165, 1.54) is 0 Å². The second-order valence-electron chi connectivity index (χ2n) is 8.51. The Morgan fingerprint density at radius 3 is 2.42 bits per heavy atom. The van der Waals surface area contributed by atoms with E-state index in [4.69, 9.17) is 25.8 Å². The van der Waals surface area contributed by atoms with Gasteiger partial charge >= 0.3 is 0 Å². The van der Waals surface area contributed by atoms with Crippen LogP contribution in [-0.2, 0) is 15.9 Å². The van der Waals surface area contributed by atoms with Gasteiger partial charge in [-0.1, -0.05) is 35.9 Å². The SMILES string of the molecule is OC[C@H]1O[C@@H](c2ccc(Cl)c(Cc3ccc(OC4COCCC4O)cc3)c2)[C@H](O)[C@@H](O)[C@@H]1O. The molecule has 2 aromatic rings. The molecule has 2 unspecified atom stereocenters. The summed E-state index contributed by atoms with van der Waals surface area (Å²) in [5, 5.41) is 50.5. The van der Waals surface area contributed by atoms with Gasteiger partial charge in [-0.05, 0) is 41.3 Å². The van der Waals surface area contributed by atoms with Gasteiger partial charge in [-0.25, -0.2) is 0 Å². The molecule has 9 heteroatoms. The molecule has 0 bridgehead atoms. The van der Waals surface area contributed by atoms with Crippen molar-refractivity contribution < 1.29 is 39.7 Å². The zero-order chi connectivity index (χ0) is 23.5. The lowest BCUT2D eigenvalue weighted by Crippen LogP contribution is -2.55. The Balaban J connectivity index is 1.47. The van der Waals surface area contributed by atoms with Gasteiger partial charge in [0.1, 0.15) is 42.4 Å². The Morgan fingerprint density at radius 2 is 1.73 bits per heavy atom. The summed E-state index contributed by atoms with van der Waals surface area (Å²) in [5.74, 6) is 0.634. The summed E-state index contributed by atoms with van der Waals surface area (Å²) >= 11 is 6.41. The van der Waals surface area contributed by atoms with Crippen molar-refractivity contribution in [3.8, 4) is 5.75 Å². The second kappa shape index (κ2) is 10.7. The Kier molecular flexibility index (Phi) is 7.88. The lowest BCUT2D eigenvalue weighted by molar-refractivity contribution is -0.231. The lowest BCUT2D eigenvalue weighted by atomic mass is 9.90. The summed E-state index contributed by atoms with van der Waals surface area (Å²) < 4.78 is 16.9. The van der Waals surface area contributed by atoms with Crippen molar-refractivity contribution in [3.05, 3.63) is 64.2 Å². The van der Waals surface area contributed by atoms with Crippen molar-refractivity contribution in [2.45, 2.75) is 55.6 Å². The number of halogens is 1. The van der Waals surface area contributed by atoms with Crippen molar-refractivity contribution in [3.63, 3.8) is 0 Å².